The summed E-state index contributed by atoms with van der Waals surface area (Å²) in [5, 5.41) is 12.0. The van der Waals surface area contributed by atoms with Gasteiger partial charge in [-0.1, -0.05) is 48.5 Å². The number of amides is 2. The van der Waals surface area contributed by atoms with E-state index in [9.17, 15) is 19.5 Å². The number of carbonyl (C=O) groups excluding carboxylic acids is 2. The van der Waals surface area contributed by atoms with Crippen molar-refractivity contribution >= 4 is 23.9 Å². The third-order valence-corrected chi connectivity index (χ3v) is 5.32. The van der Waals surface area contributed by atoms with Gasteiger partial charge in [-0.3, -0.25) is 0 Å². The van der Waals surface area contributed by atoms with Gasteiger partial charge < -0.3 is 19.9 Å². The molecule has 0 spiro atoms. The zero-order chi connectivity index (χ0) is 24.7. The number of alkyl carbamates (subject to hydrolysis) is 1. The molecule has 2 amide bonds. The van der Waals surface area contributed by atoms with E-state index in [4.69, 9.17) is 9.47 Å². The first-order chi connectivity index (χ1) is 16.2. The maximum Gasteiger partial charge on any atom is 0.434 e. The van der Waals surface area contributed by atoms with E-state index >= 15 is 0 Å². The van der Waals surface area contributed by atoms with Crippen molar-refractivity contribution < 1.29 is 29.0 Å². The molecule has 2 aromatic carbocycles. The molecule has 3 rings (SSSR count). The van der Waals surface area contributed by atoms with Crippen molar-refractivity contribution in [3.63, 3.8) is 0 Å². The van der Waals surface area contributed by atoms with Gasteiger partial charge in [-0.25, -0.2) is 14.4 Å². The third kappa shape index (κ3) is 6.66. The Labute approximate surface area is 199 Å². The van der Waals surface area contributed by atoms with Gasteiger partial charge in [0.1, 0.15) is 17.9 Å². The fraction of sp³-hybridized carbons (Fsp3) is 0.385. The van der Waals surface area contributed by atoms with Gasteiger partial charge in [-0.05, 0) is 62.3 Å². The second kappa shape index (κ2) is 11.0. The third-order valence-electron chi connectivity index (χ3n) is 5.32. The summed E-state index contributed by atoms with van der Waals surface area (Å²) in [6.45, 7) is 5.71. The zero-order valence-corrected chi connectivity index (χ0v) is 19.7. The molecule has 34 heavy (non-hydrogen) atoms. The molecular weight excluding hydrogens is 436 g/mol. The Morgan fingerprint density at radius 3 is 2.12 bits per heavy atom. The van der Waals surface area contributed by atoms with E-state index in [1.54, 1.807) is 20.8 Å². The van der Waals surface area contributed by atoms with Crippen LogP contribution in [0.3, 0.4) is 0 Å². The normalized spacial score (nSPS) is 13.1. The Balaban J connectivity index is 1.52. The SMILES string of the molecule is CC(C)(C)OC(=O)NCCCCC(=NC(=O)OCC1c2ccccc2-c2ccccc21)C(=O)O. The molecule has 1 aliphatic carbocycles. The highest BCUT2D eigenvalue weighted by Crippen LogP contribution is 2.44. The highest BCUT2D eigenvalue weighted by molar-refractivity contribution is 6.37. The summed E-state index contributed by atoms with van der Waals surface area (Å²) in [6, 6.07) is 15.9. The maximum absolute atomic E-state index is 12.3. The molecule has 0 saturated heterocycles. The van der Waals surface area contributed by atoms with Crippen LogP contribution >= 0.6 is 0 Å². The number of carboxylic acids is 1. The van der Waals surface area contributed by atoms with Crippen molar-refractivity contribution in [3.05, 3.63) is 59.7 Å². The van der Waals surface area contributed by atoms with E-state index in [0.29, 0.717) is 19.4 Å². The number of rotatable bonds is 8. The number of fused-ring (bicyclic) bond motifs is 3. The minimum atomic E-state index is -1.27. The summed E-state index contributed by atoms with van der Waals surface area (Å²) in [5.74, 6) is -1.40. The molecule has 0 heterocycles. The molecule has 0 fully saturated rings. The van der Waals surface area contributed by atoms with Gasteiger partial charge in [0, 0.05) is 12.5 Å². The van der Waals surface area contributed by atoms with Gasteiger partial charge in [-0.15, -0.1) is 0 Å². The minimum absolute atomic E-state index is 0.0725. The summed E-state index contributed by atoms with van der Waals surface area (Å²) in [5.41, 5.74) is 3.49. The fourth-order valence-corrected chi connectivity index (χ4v) is 3.87. The van der Waals surface area contributed by atoms with Gasteiger partial charge in [0.15, 0.2) is 0 Å². The lowest BCUT2D eigenvalue weighted by Gasteiger charge is -2.19. The molecule has 180 valence electrons. The van der Waals surface area contributed by atoms with Crippen LogP contribution in [-0.4, -0.2) is 47.7 Å². The molecule has 8 heteroatoms. The Hall–Kier alpha value is -3.68. The molecule has 0 aliphatic heterocycles. The van der Waals surface area contributed by atoms with Crippen molar-refractivity contribution in [1.82, 2.24) is 5.32 Å². The lowest BCUT2D eigenvalue weighted by atomic mass is 9.98. The molecule has 0 radical (unpaired) electrons. The van der Waals surface area contributed by atoms with Gasteiger partial charge >= 0.3 is 18.2 Å². The minimum Gasteiger partial charge on any atom is -0.477 e. The van der Waals surface area contributed by atoms with E-state index in [1.165, 1.54) is 0 Å². The number of nitrogens with one attached hydrogen (secondary N) is 1. The molecule has 8 nitrogen and oxygen atoms in total. The first-order valence-electron chi connectivity index (χ1n) is 11.3. The number of aliphatic imine (C=N–C) groups is 1. The molecule has 0 atom stereocenters. The van der Waals surface area contributed by atoms with Gasteiger partial charge in [0.25, 0.3) is 0 Å². The van der Waals surface area contributed by atoms with Crippen LogP contribution in [-0.2, 0) is 14.3 Å². The van der Waals surface area contributed by atoms with Gasteiger partial charge in [-0.2, -0.15) is 4.99 Å². The lowest BCUT2D eigenvalue weighted by molar-refractivity contribution is -0.129. The molecule has 2 aromatic rings. The van der Waals surface area contributed by atoms with Crippen LogP contribution < -0.4 is 5.32 Å². The molecule has 0 saturated carbocycles. The summed E-state index contributed by atoms with van der Waals surface area (Å²) in [6.07, 6.45) is -0.437. The average Bonchev–Trinajstić information content (AvgIpc) is 3.09. The number of carboxylic acid groups (broad SMARTS) is 1. The van der Waals surface area contributed by atoms with Crippen LogP contribution in [0.25, 0.3) is 11.1 Å². The first-order valence-corrected chi connectivity index (χ1v) is 11.3. The quantitative estimate of drug-likeness (QED) is 0.410. The van der Waals surface area contributed by atoms with E-state index in [1.807, 2.05) is 48.5 Å². The molecular formula is C26H30N2O6. The number of carbonyl (C=O) groups is 3. The predicted molar refractivity (Wildman–Crippen MR) is 128 cm³/mol. The van der Waals surface area contributed by atoms with E-state index in [-0.39, 0.29) is 24.7 Å². The van der Waals surface area contributed by atoms with Gasteiger partial charge in [0.2, 0.25) is 0 Å². The smallest absolute Gasteiger partial charge is 0.434 e. The summed E-state index contributed by atoms with van der Waals surface area (Å²) < 4.78 is 10.5. The Morgan fingerprint density at radius 2 is 1.56 bits per heavy atom. The van der Waals surface area contributed by atoms with Crippen molar-refractivity contribution in [1.29, 1.82) is 0 Å². The number of hydrogen-bond donors (Lipinski definition) is 2. The zero-order valence-electron chi connectivity index (χ0n) is 19.7. The predicted octanol–water partition coefficient (Wildman–Crippen LogP) is 5.16. The van der Waals surface area contributed by atoms with Crippen molar-refractivity contribution in [3.8, 4) is 11.1 Å². The van der Waals surface area contributed by atoms with E-state index < -0.39 is 23.8 Å². The van der Waals surface area contributed by atoms with Gasteiger partial charge in [0.05, 0.1) is 0 Å². The van der Waals surface area contributed by atoms with Crippen molar-refractivity contribution in [2.75, 3.05) is 13.2 Å². The molecule has 2 N–H and O–H groups in total. The van der Waals surface area contributed by atoms with Crippen molar-refractivity contribution in [2.45, 2.75) is 51.6 Å². The average molecular weight is 467 g/mol. The first kappa shape index (κ1) is 25.0. The monoisotopic (exact) mass is 466 g/mol. The number of aliphatic carboxylic acids is 1. The highest BCUT2D eigenvalue weighted by atomic mass is 16.6. The fourth-order valence-electron chi connectivity index (χ4n) is 3.87. The Bertz CT molecular complexity index is 1040. The standard InChI is InChI=1S/C26H30N2O6/c1-26(2,3)34-24(31)27-15-9-8-14-22(23(29)30)28-25(32)33-16-21-19-12-6-4-10-17(19)18-11-5-7-13-20(18)21/h4-7,10-13,21H,8-9,14-16H2,1-3H3,(H,27,31)(H,29,30). The topological polar surface area (TPSA) is 114 Å². The number of hydrogen-bond acceptors (Lipinski definition) is 5. The Kier molecular flexibility index (Phi) is 8.04. The van der Waals surface area contributed by atoms with E-state index in [0.717, 1.165) is 22.3 Å². The lowest BCUT2D eigenvalue weighted by Crippen LogP contribution is -2.33. The maximum atomic E-state index is 12.3. The van der Waals surface area contributed by atoms with Crippen LogP contribution in [0.5, 0.6) is 0 Å². The van der Waals surface area contributed by atoms with Crippen molar-refractivity contribution in [2.24, 2.45) is 4.99 Å². The largest absolute Gasteiger partial charge is 0.477 e. The number of benzene rings is 2. The van der Waals surface area contributed by atoms with Crippen LogP contribution in [0.1, 0.15) is 57.1 Å². The van der Waals surface area contributed by atoms with Crippen LogP contribution in [0.4, 0.5) is 9.59 Å². The Morgan fingerprint density at radius 1 is 0.971 bits per heavy atom. The summed E-state index contributed by atoms with van der Waals surface area (Å²) in [7, 11) is 0. The highest BCUT2D eigenvalue weighted by Gasteiger charge is 2.29. The van der Waals surface area contributed by atoms with Crippen LogP contribution in [0.2, 0.25) is 0 Å². The number of nitrogens with zero attached hydrogens (tertiary/aromatic N) is 1. The molecule has 0 bridgehead atoms. The van der Waals surface area contributed by atoms with Crippen LogP contribution in [0.15, 0.2) is 53.5 Å². The number of ether oxygens (including phenoxy) is 2. The van der Waals surface area contributed by atoms with Crippen LogP contribution in [0, 0.1) is 0 Å². The second-order valence-corrected chi connectivity index (χ2v) is 9.05. The molecule has 0 aromatic heterocycles. The summed E-state index contributed by atoms with van der Waals surface area (Å²) >= 11 is 0. The summed E-state index contributed by atoms with van der Waals surface area (Å²) in [4.78, 5) is 39.1. The number of unbranched alkanes of at least 4 members (excludes halogenated alkanes) is 1. The molecule has 1 aliphatic rings. The molecule has 0 unspecified atom stereocenters. The van der Waals surface area contributed by atoms with E-state index in [2.05, 4.69) is 10.3 Å². The second-order valence-electron chi connectivity index (χ2n) is 9.05.